The molecular formula is C13H28O5S-2. The van der Waals surface area contributed by atoms with Gasteiger partial charge in [-0.25, -0.2) is 0 Å². The van der Waals surface area contributed by atoms with Crippen LogP contribution in [0, 0.1) is 11.8 Å². The van der Waals surface area contributed by atoms with Crippen LogP contribution in [0.5, 0.6) is 0 Å². The molecule has 0 aromatic rings. The maximum absolute atomic E-state index is 8.85. The number of unbranched alkanes of at least 4 members (excludes halogenated alkanes) is 2. The molecule has 0 saturated carbocycles. The van der Waals surface area contributed by atoms with Crippen molar-refractivity contribution in [2.45, 2.75) is 65.7 Å². The van der Waals surface area contributed by atoms with Crippen LogP contribution in [-0.2, 0) is 10.4 Å². The Morgan fingerprint density at radius 1 is 0.947 bits per heavy atom. The van der Waals surface area contributed by atoms with Gasteiger partial charge in [0.05, 0.1) is 0 Å². The fourth-order valence-corrected chi connectivity index (χ4v) is 1.89. The van der Waals surface area contributed by atoms with Gasteiger partial charge in [0.25, 0.3) is 0 Å². The van der Waals surface area contributed by atoms with E-state index < -0.39 is 10.4 Å². The molecule has 5 nitrogen and oxygen atoms in total. The van der Waals surface area contributed by atoms with Gasteiger partial charge in [0.15, 0.2) is 0 Å². The molecule has 0 spiro atoms. The lowest BCUT2D eigenvalue weighted by Crippen LogP contribution is -2.00. The monoisotopic (exact) mass is 296 g/mol. The van der Waals surface area contributed by atoms with Crippen LogP contribution >= 0.6 is 0 Å². The van der Waals surface area contributed by atoms with E-state index in [-0.39, 0.29) is 0 Å². The maximum Gasteiger partial charge on any atom is 0.0456 e. The Morgan fingerprint density at radius 2 is 1.37 bits per heavy atom. The normalized spacial score (nSPS) is 14.4. The topological polar surface area (TPSA) is 100 Å². The van der Waals surface area contributed by atoms with Crippen LogP contribution in [0.4, 0.5) is 0 Å². The minimum absolute atomic E-state index is 0.353. The summed E-state index contributed by atoms with van der Waals surface area (Å²) in [5, 5.41) is 8.85. The van der Waals surface area contributed by atoms with Crippen molar-refractivity contribution in [2.75, 3.05) is 6.61 Å². The SMILES string of the molecule is CCCC(C)CCCCCC(C)CO.O=S(=O)([O-])[O-]. The lowest BCUT2D eigenvalue weighted by molar-refractivity contribution is 0.227. The van der Waals surface area contributed by atoms with Gasteiger partial charge in [-0.3, -0.25) is 8.42 Å². The van der Waals surface area contributed by atoms with E-state index in [2.05, 4.69) is 20.8 Å². The van der Waals surface area contributed by atoms with Gasteiger partial charge in [-0.05, 0) is 18.3 Å². The van der Waals surface area contributed by atoms with E-state index in [9.17, 15) is 0 Å². The average molecular weight is 296 g/mol. The highest BCUT2D eigenvalue weighted by atomic mass is 32.3. The second-order valence-electron chi connectivity index (χ2n) is 5.23. The van der Waals surface area contributed by atoms with Crippen molar-refractivity contribution in [2.24, 2.45) is 11.8 Å². The van der Waals surface area contributed by atoms with Crippen LogP contribution in [0.2, 0.25) is 0 Å². The zero-order chi connectivity index (χ0) is 15.3. The maximum atomic E-state index is 8.85. The quantitative estimate of drug-likeness (QED) is 0.400. The minimum Gasteiger partial charge on any atom is -0.759 e. The molecule has 0 fully saturated rings. The van der Waals surface area contributed by atoms with Crippen molar-refractivity contribution in [3.63, 3.8) is 0 Å². The van der Waals surface area contributed by atoms with Crippen molar-refractivity contribution < 1.29 is 22.6 Å². The Balaban J connectivity index is 0. The standard InChI is InChI=1S/C13H28O.H2O4S/c1-4-8-12(2)9-6-5-7-10-13(3)11-14;1-5(2,3)4/h12-14H,4-11H2,1-3H3;(H2,1,2,3,4)/p-2. The molecule has 118 valence electrons. The third-order valence-electron chi connectivity index (χ3n) is 2.99. The second kappa shape index (κ2) is 12.8. The van der Waals surface area contributed by atoms with Gasteiger partial charge in [0.1, 0.15) is 0 Å². The lowest BCUT2D eigenvalue weighted by atomic mass is 9.97. The number of hydrogen-bond acceptors (Lipinski definition) is 5. The molecule has 0 radical (unpaired) electrons. The van der Waals surface area contributed by atoms with Crippen LogP contribution in [0.25, 0.3) is 0 Å². The minimum atomic E-state index is -5.17. The third kappa shape index (κ3) is 27.1. The summed E-state index contributed by atoms with van der Waals surface area (Å²) in [4.78, 5) is 0. The van der Waals surface area contributed by atoms with Gasteiger partial charge < -0.3 is 14.2 Å². The third-order valence-corrected chi connectivity index (χ3v) is 2.99. The van der Waals surface area contributed by atoms with Gasteiger partial charge >= 0.3 is 0 Å². The fraction of sp³-hybridized carbons (Fsp3) is 1.00. The summed E-state index contributed by atoms with van der Waals surface area (Å²) in [6.45, 7) is 7.10. The first kappa shape index (κ1) is 21.1. The highest BCUT2D eigenvalue weighted by molar-refractivity contribution is 7.79. The molecule has 0 aliphatic carbocycles. The fourth-order valence-electron chi connectivity index (χ4n) is 1.89. The number of aliphatic hydroxyl groups excluding tert-OH is 1. The molecular weight excluding hydrogens is 268 g/mol. The lowest BCUT2D eigenvalue weighted by Gasteiger charge is -2.10. The summed E-state index contributed by atoms with van der Waals surface area (Å²) >= 11 is 0. The molecule has 0 aromatic carbocycles. The Bertz CT molecular complexity index is 269. The van der Waals surface area contributed by atoms with Crippen molar-refractivity contribution in [1.82, 2.24) is 0 Å². The van der Waals surface area contributed by atoms with E-state index in [0.717, 1.165) is 5.92 Å². The zero-order valence-corrected chi connectivity index (χ0v) is 13.1. The van der Waals surface area contributed by atoms with Crippen LogP contribution in [0.1, 0.15) is 65.7 Å². The van der Waals surface area contributed by atoms with Gasteiger partial charge in [0.2, 0.25) is 0 Å². The molecule has 0 heterocycles. The molecule has 6 heteroatoms. The summed E-state index contributed by atoms with van der Waals surface area (Å²) in [5.74, 6) is 1.42. The Morgan fingerprint density at radius 3 is 1.74 bits per heavy atom. The van der Waals surface area contributed by atoms with Gasteiger partial charge in [-0.15, -0.1) is 0 Å². The molecule has 0 aliphatic heterocycles. The molecule has 0 aliphatic rings. The van der Waals surface area contributed by atoms with E-state index in [1.54, 1.807) is 0 Å². The van der Waals surface area contributed by atoms with E-state index in [1.807, 2.05) is 0 Å². The van der Waals surface area contributed by atoms with E-state index in [1.165, 1.54) is 44.9 Å². The first-order valence-electron chi connectivity index (χ1n) is 6.98. The van der Waals surface area contributed by atoms with Crippen LogP contribution < -0.4 is 0 Å². The molecule has 0 amide bonds. The summed E-state index contributed by atoms with van der Waals surface area (Å²) < 4.78 is 34.1. The summed E-state index contributed by atoms with van der Waals surface area (Å²) in [5.41, 5.74) is 0. The van der Waals surface area contributed by atoms with Crippen molar-refractivity contribution in [3.8, 4) is 0 Å². The number of aliphatic hydroxyl groups is 1. The highest BCUT2D eigenvalue weighted by Crippen LogP contribution is 2.16. The van der Waals surface area contributed by atoms with Crippen LogP contribution in [0.3, 0.4) is 0 Å². The van der Waals surface area contributed by atoms with Gasteiger partial charge in [-0.1, -0.05) is 59.3 Å². The summed E-state index contributed by atoms with van der Waals surface area (Å²) in [6, 6.07) is 0. The molecule has 2 unspecified atom stereocenters. The van der Waals surface area contributed by atoms with Crippen LogP contribution in [-0.4, -0.2) is 29.2 Å². The van der Waals surface area contributed by atoms with Crippen molar-refractivity contribution >= 4 is 10.4 Å². The Kier molecular flexibility index (Phi) is 14.3. The molecule has 1 N–H and O–H groups in total. The number of hydrogen-bond donors (Lipinski definition) is 1. The van der Waals surface area contributed by atoms with Gasteiger partial charge in [0, 0.05) is 17.0 Å². The van der Waals surface area contributed by atoms with Crippen molar-refractivity contribution in [1.29, 1.82) is 0 Å². The Hall–Kier alpha value is -0.170. The molecule has 0 saturated heterocycles. The molecule has 19 heavy (non-hydrogen) atoms. The smallest absolute Gasteiger partial charge is 0.0456 e. The average Bonchev–Trinajstić information content (AvgIpc) is 2.26. The Labute approximate surface area is 118 Å². The van der Waals surface area contributed by atoms with E-state index >= 15 is 0 Å². The summed E-state index contributed by atoms with van der Waals surface area (Å²) in [7, 11) is -5.17. The predicted octanol–water partition coefficient (Wildman–Crippen LogP) is 2.66. The molecule has 0 rings (SSSR count). The van der Waals surface area contributed by atoms with E-state index in [0.29, 0.717) is 12.5 Å². The van der Waals surface area contributed by atoms with Crippen LogP contribution in [0.15, 0.2) is 0 Å². The summed E-state index contributed by atoms with van der Waals surface area (Å²) in [6.07, 6.45) is 9.30. The molecule has 0 aromatic heterocycles. The zero-order valence-electron chi connectivity index (χ0n) is 12.3. The van der Waals surface area contributed by atoms with Gasteiger partial charge in [-0.2, -0.15) is 0 Å². The largest absolute Gasteiger partial charge is 0.759 e. The molecule has 2 atom stereocenters. The highest BCUT2D eigenvalue weighted by Gasteiger charge is 2.02. The first-order chi connectivity index (χ1) is 8.70. The second-order valence-corrected chi connectivity index (χ2v) is 6.04. The first-order valence-corrected chi connectivity index (χ1v) is 8.31. The molecule has 0 bridgehead atoms. The van der Waals surface area contributed by atoms with E-state index in [4.69, 9.17) is 22.6 Å². The predicted molar refractivity (Wildman–Crippen MR) is 73.9 cm³/mol. The number of rotatable bonds is 9. The van der Waals surface area contributed by atoms with Crippen molar-refractivity contribution in [3.05, 3.63) is 0 Å².